The second-order valence-corrected chi connectivity index (χ2v) is 5.91. The smallest absolute Gasteiger partial charge is 0.290 e. The van der Waals surface area contributed by atoms with E-state index in [0.717, 1.165) is 18.4 Å². The van der Waals surface area contributed by atoms with E-state index >= 15 is 0 Å². The molecule has 1 aliphatic rings. The standard InChI is InChI=1S/C18H19FN2O/c1-13-6-7-17(16(19)10-13)20-18(22)12-21-9-8-14-4-2-3-5-15(14)11-21/h6-11H,2-5,12H2,1H3/p+1. The van der Waals surface area contributed by atoms with Crippen LogP contribution in [0, 0.1) is 12.7 Å². The Hall–Kier alpha value is -2.23. The molecule has 1 heterocycles. The second kappa shape index (κ2) is 6.26. The van der Waals surface area contributed by atoms with E-state index in [0.29, 0.717) is 0 Å². The number of anilines is 1. The van der Waals surface area contributed by atoms with Crippen LogP contribution in [0.15, 0.2) is 36.7 Å². The van der Waals surface area contributed by atoms with Gasteiger partial charge >= 0.3 is 0 Å². The monoisotopic (exact) mass is 299 g/mol. The van der Waals surface area contributed by atoms with Crippen molar-refractivity contribution in [3.63, 3.8) is 0 Å². The summed E-state index contributed by atoms with van der Waals surface area (Å²) in [6, 6.07) is 6.89. The largest absolute Gasteiger partial charge is 0.318 e. The Bertz CT molecular complexity index is 712. The van der Waals surface area contributed by atoms with Gasteiger partial charge in [0.15, 0.2) is 12.4 Å². The summed E-state index contributed by atoms with van der Waals surface area (Å²) in [7, 11) is 0. The molecule has 3 rings (SSSR count). The van der Waals surface area contributed by atoms with E-state index in [9.17, 15) is 9.18 Å². The molecule has 4 heteroatoms. The highest BCUT2D eigenvalue weighted by Gasteiger charge is 2.16. The summed E-state index contributed by atoms with van der Waals surface area (Å²) in [5.74, 6) is -0.618. The van der Waals surface area contributed by atoms with Gasteiger partial charge in [0, 0.05) is 11.6 Å². The maximum atomic E-state index is 13.8. The molecule has 1 N–H and O–H groups in total. The Morgan fingerprint density at radius 2 is 2.00 bits per heavy atom. The normalized spacial score (nSPS) is 13.5. The highest BCUT2D eigenvalue weighted by molar-refractivity contribution is 5.89. The molecule has 3 nitrogen and oxygen atoms in total. The summed E-state index contributed by atoms with van der Waals surface area (Å²) in [5.41, 5.74) is 3.77. The first kappa shape index (κ1) is 14.7. The summed E-state index contributed by atoms with van der Waals surface area (Å²) in [4.78, 5) is 12.1. The number of pyridine rings is 1. The SMILES string of the molecule is Cc1ccc(NC(=O)C[n+]2ccc3c(c2)CCCC3)c(F)c1. The minimum Gasteiger partial charge on any atom is -0.318 e. The number of nitrogens with one attached hydrogen (secondary N) is 1. The van der Waals surface area contributed by atoms with Gasteiger partial charge in [-0.15, -0.1) is 0 Å². The summed E-state index contributed by atoms with van der Waals surface area (Å²) in [6.45, 7) is 2.01. The molecule has 1 amide bonds. The van der Waals surface area contributed by atoms with Crippen LogP contribution in [0.1, 0.15) is 29.5 Å². The lowest BCUT2D eigenvalue weighted by Crippen LogP contribution is -2.40. The van der Waals surface area contributed by atoms with E-state index in [1.165, 1.54) is 30.0 Å². The van der Waals surface area contributed by atoms with Crippen molar-refractivity contribution in [2.45, 2.75) is 39.2 Å². The van der Waals surface area contributed by atoms with Gasteiger partial charge in [0.25, 0.3) is 5.91 Å². The van der Waals surface area contributed by atoms with Gasteiger partial charge in [0.1, 0.15) is 5.82 Å². The van der Waals surface area contributed by atoms with Gasteiger partial charge in [-0.3, -0.25) is 4.79 Å². The van der Waals surface area contributed by atoms with Crippen LogP contribution in [0.5, 0.6) is 0 Å². The molecule has 0 saturated carbocycles. The maximum absolute atomic E-state index is 13.8. The van der Waals surface area contributed by atoms with Crippen molar-refractivity contribution in [3.8, 4) is 0 Å². The van der Waals surface area contributed by atoms with Crippen molar-refractivity contribution >= 4 is 11.6 Å². The minimum atomic E-state index is -0.399. The van der Waals surface area contributed by atoms with Crippen LogP contribution in [-0.2, 0) is 24.2 Å². The van der Waals surface area contributed by atoms with Crippen LogP contribution in [-0.4, -0.2) is 5.91 Å². The second-order valence-electron chi connectivity index (χ2n) is 5.91. The molecule has 0 fully saturated rings. The maximum Gasteiger partial charge on any atom is 0.290 e. The Morgan fingerprint density at radius 3 is 2.77 bits per heavy atom. The van der Waals surface area contributed by atoms with Crippen molar-refractivity contribution in [2.75, 3.05) is 5.32 Å². The fraction of sp³-hybridized carbons (Fsp3) is 0.333. The third-order valence-electron chi connectivity index (χ3n) is 4.07. The number of aromatic nitrogens is 1. The minimum absolute atomic E-state index is 0.195. The van der Waals surface area contributed by atoms with Gasteiger partial charge in [0.2, 0.25) is 6.54 Å². The topological polar surface area (TPSA) is 33.0 Å². The van der Waals surface area contributed by atoms with Crippen LogP contribution in [0.3, 0.4) is 0 Å². The van der Waals surface area contributed by atoms with Gasteiger partial charge in [-0.05, 0) is 55.9 Å². The Balaban J connectivity index is 1.69. The number of hydrogen-bond donors (Lipinski definition) is 1. The first-order chi connectivity index (χ1) is 10.6. The van der Waals surface area contributed by atoms with E-state index in [4.69, 9.17) is 0 Å². The summed E-state index contributed by atoms with van der Waals surface area (Å²) in [5, 5.41) is 2.63. The Kier molecular flexibility index (Phi) is 4.18. The zero-order valence-corrected chi connectivity index (χ0v) is 12.7. The van der Waals surface area contributed by atoms with E-state index in [-0.39, 0.29) is 18.1 Å². The van der Waals surface area contributed by atoms with E-state index in [2.05, 4.69) is 11.4 Å². The Labute approximate surface area is 129 Å². The molecule has 0 aliphatic heterocycles. The molecule has 0 radical (unpaired) electrons. The van der Waals surface area contributed by atoms with E-state index in [1.807, 2.05) is 23.9 Å². The van der Waals surface area contributed by atoms with Crippen LogP contribution in [0.2, 0.25) is 0 Å². The number of halogens is 1. The summed E-state index contributed by atoms with van der Waals surface area (Å²) >= 11 is 0. The Morgan fingerprint density at radius 1 is 1.23 bits per heavy atom. The average Bonchev–Trinajstić information content (AvgIpc) is 2.50. The van der Waals surface area contributed by atoms with Crippen LogP contribution in [0.4, 0.5) is 10.1 Å². The van der Waals surface area contributed by atoms with Gasteiger partial charge in [-0.1, -0.05) is 6.07 Å². The first-order valence-corrected chi connectivity index (χ1v) is 7.69. The molecule has 2 aromatic rings. The lowest BCUT2D eigenvalue weighted by Gasteiger charge is -2.13. The van der Waals surface area contributed by atoms with Crippen LogP contribution in [0.25, 0.3) is 0 Å². The number of hydrogen-bond acceptors (Lipinski definition) is 1. The number of aryl methyl sites for hydroxylation is 3. The third kappa shape index (κ3) is 3.32. The summed E-state index contributed by atoms with van der Waals surface area (Å²) in [6.07, 6.45) is 8.61. The number of carbonyl (C=O) groups is 1. The van der Waals surface area contributed by atoms with Crippen molar-refractivity contribution in [2.24, 2.45) is 0 Å². The van der Waals surface area contributed by atoms with Crippen molar-refractivity contribution in [1.29, 1.82) is 0 Å². The predicted octanol–water partition coefficient (Wildman–Crippen LogP) is 2.94. The molecule has 0 spiro atoms. The fourth-order valence-corrected chi connectivity index (χ4v) is 2.89. The third-order valence-corrected chi connectivity index (χ3v) is 4.07. The van der Waals surface area contributed by atoms with Crippen LogP contribution < -0.4 is 9.88 Å². The van der Waals surface area contributed by atoms with Crippen molar-refractivity contribution in [1.82, 2.24) is 0 Å². The predicted molar refractivity (Wildman–Crippen MR) is 83.0 cm³/mol. The molecular weight excluding hydrogens is 279 g/mol. The molecule has 114 valence electrons. The number of nitrogens with zero attached hydrogens (tertiary/aromatic N) is 1. The molecule has 0 bridgehead atoms. The van der Waals surface area contributed by atoms with Crippen molar-refractivity contribution in [3.05, 3.63) is 59.2 Å². The summed E-state index contributed by atoms with van der Waals surface area (Å²) < 4.78 is 15.6. The number of fused-ring (bicyclic) bond motifs is 1. The highest BCUT2D eigenvalue weighted by atomic mass is 19.1. The van der Waals surface area contributed by atoms with Gasteiger partial charge in [-0.2, -0.15) is 4.57 Å². The quantitative estimate of drug-likeness (QED) is 0.869. The zero-order chi connectivity index (χ0) is 15.5. The van der Waals surface area contributed by atoms with Gasteiger partial charge < -0.3 is 5.32 Å². The van der Waals surface area contributed by atoms with E-state index in [1.54, 1.807) is 12.1 Å². The molecule has 1 aromatic carbocycles. The number of carbonyl (C=O) groups excluding carboxylic acids is 1. The zero-order valence-electron chi connectivity index (χ0n) is 12.7. The molecular formula is C18H20FN2O+. The number of amides is 1. The van der Waals surface area contributed by atoms with Crippen LogP contribution >= 0.6 is 0 Å². The number of benzene rings is 1. The molecule has 1 aromatic heterocycles. The van der Waals surface area contributed by atoms with Gasteiger partial charge in [0.05, 0.1) is 5.69 Å². The first-order valence-electron chi connectivity index (χ1n) is 7.69. The van der Waals surface area contributed by atoms with Crippen molar-refractivity contribution < 1.29 is 13.8 Å². The number of rotatable bonds is 3. The molecule has 0 unspecified atom stereocenters. The molecule has 0 atom stereocenters. The highest BCUT2D eigenvalue weighted by Crippen LogP contribution is 2.19. The average molecular weight is 299 g/mol. The lowest BCUT2D eigenvalue weighted by atomic mass is 9.93. The molecule has 1 aliphatic carbocycles. The van der Waals surface area contributed by atoms with Gasteiger partial charge in [-0.25, -0.2) is 4.39 Å². The lowest BCUT2D eigenvalue weighted by molar-refractivity contribution is -0.684. The molecule has 0 saturated heterocycles. The van der Waals surface area contributed by atoms with E-state index < -0.39 is 5.82 Å². The molecule has 22 heavy (non-hydrogen) atoms. The fourth-order valence-electron chi connectivity index (χ4n) is 2.89.